The van der Waals surface area contributed by atoms with Gasteiger partial charge in [0.05, 0.1) is 0 Å². The van der Waals surface area contributed by atoms with Gasteiger partial charge in [-0.15, -0.1) is 22.7 Å². The molecule has 0 aliphatic carbocycles. The van der Waals surface area contributed by atoms with Crippen LogP contribution >= 0.6 is 22.7 Å². The molecule has 2 aromatic heterocycles. The standard InChI is InChI=1S/C59H36S2.C7H8/c1-2-10-40(11-3-1)45(32-38-23-27-42-13-5-7-15-44(42)31-38)33-39-25-29-47-53(35-39)61-59-51-19-8-16-48-54(51)55-49(57(47)59)17-9-18-50(55)58-56(48)46-28-24-37(34-52(46)60-58)21-20-36-22-26-41-12-4-6-14-43(41)30-36;1-7-5-3-2-4-6-7/h1-31,33-35H,32H2;2-6H,1H3/b21-20?,45-33-;. The van der Waals surface area contributed by atoms with E-state index in [9.17, 15) is 0 Å². The fourth-order valence-electron chi connectivity index (χ4n) is 10.5. The molecular weight excluding hydrogens is 857 g/mol. The number of benzene rings is 12. The Morgan fingerprint density at radius 2 is 0.853 bits per heavy atom. The Labute approximate surface area is 403 Å². The van der Waals surface area contributed by atoms with Gasteiger partial charge in [-0.1, -0.05) is 224 Å². The van der Waals surface area contributed by atoms with Crippen LogP contribution in [0.15, 0.2) is 218 Å². The van der Waals surface area contributed by atoms with Crippen molar-refractivity contribution in [3.05, 3.63) is 252 Å². The van der Waals surface area contributed by atoms with E-state index in [4.69, 9.17) is 0 Å². The summed E-state index contributed by atoms with van der Waals surface area (Å²) < 4.78 is 5.41. The first-order valence-electron chi connectivity index (χ1n) is 23.4. The molecule has 0 fully saturated rings. The molecule has 0 saturated carbocycles. The third kappa shape index (κ3) is 7.13. The summed E-state index contributed by atoms with van der Waals surface area (Å²) in [5.41, 5.74) is 8.89. The number of fused-ring (bicyclic) bond motifs is 12. The molecule has 0 aliphatic rings. The van der Waals surface area contributed by atoms with Gasteiger partial charge in [-0.25, -0.2) is 0 Å². The average molecular weight is 901 g/mol. The Kier molecular flexibility index (Phi) is 9.96. The van der Waals surface area contributed by atoms with Gasteiger partial charge in [0.1, 0.15) is 0 Å². The summed E-state index contributed by atoms with van der Waals surface area (Å²) >= 11 is 3.88. The Hall–Kier alpha value is -7.88. The van der Waals surface area contributed by atoms with E-state index in [0.717, 1.165) is 6.42 Å². The minimum atomic E-state index is 0.863. The highest BCUT2D eigenvalue weighted by molar-refractivity contribution is 7.27. The molecule has 2 heterocycles. The quantitative estimate of drug-likeness (QED) is 0.115. The highest BCUT2D eigenvalue weighted by Crippen LogP contribution is 2.52. The van der Waals surface area contributed by atoms with Crippen molar-refractivity contribution in [2.24, 2.45) is 0 Å². The fraction of sp³-hybridized carbons (Fsp3) is 0.0303. The van der Waals surface area contributed by atoms with Crippen LogP contribution in [0.1, 0.15) is 33.4 Å². The molecule has 0 amide bonds. The number of aryl methyl sites for hydroxylation is 1. The Morgan fingerprint density at radius 1 is 0.368 bits per heavy atom. The molecule has 68 heavy (non-hydrogen) atoms. The molecule has 0 radical (unpaired) electrons. The van der Waals surface area contributed by atoms with Gasteiger partial charge in [-0.2, -0.15) is 0 Å². The zero-order chi connectivity index (χ0) is 45.1. The third-order valence-corrected chi connectivity index (χ3v) is 16.1. The lowest BCUT2D eigenvalue weighted by atomic mass is 9.89. The molecule has 0 nitrogen and oxygen atoms in total. The predicted octanol–water partition coefficient (Wildman–Crippen LogP) is 19.6. The Morgan fingerprint density at radius 3 is 1.46 bits per heavy atom. The molecule has 12 aromatic carbocycles. The van der Waals surface area contributed by atoms with Crippen molar-refractivity contribution in [3.8, 4) is 0 Å². The summed E-state index contributed by atoms with van der Waals surface area (Å²) in [4.78, 5) is 0. The van der Waals surface area contributed by atoms with Crippen molar-refractivity contribution in [2.75, 3.05) is 0 Å². The lowest BCUT2D eigenvalue weighted by Gasteiger charge is -2.14. The van der Waals surface area contributed by atoms with Gasteiger partial charge >= 0.3 is 0 Å². The smallest absolute Gasteiger partial charge is 0.0440 e. The van der Waals surface area contributed by atoms with Crippen LogP contribution in [0.25, 0.3) is 118 Å². The first kappa shape index (κ1) is 40.4. The summed E-state index contributed by atoms with van der Waals surface area (Å²) in [6.07, 6.45) is 7.76. The normalized spacial score (nSPS) is 12.3. The van der Waals surface area contributed by atoms with E-state index in [1.807, 2.05) is 40.9 Å². The molecule has 14 aromatic rings. The Bertz CT molecular complexity index is 4280. The average Bonchev–Trinajstić information content (AvgIpc) is 3.97. The van der Waals surface area contributed by atoms with E-state index in [-0.39, 0.29) is 0 Å². The summed E-state index contributed by atoms with van der Waals surface area (Å²) in [7, 11) is 0. The molecule has 0 spiro atoms. The van der Waals surface area contributed by atoms with E-state index in [2.05, 4.69) is 225 Å². The second-order valence-corrected chi connectivity index (χ2v) is 20.2. The maximum atomic E-state index is 2.42. The van der Waals surface area contributed by atoms with Gasteiger partial charge in [-0.3, -0.25) is 0 Å². The number of allylic oxidation sites excluding steroid dienone is 1. The number of hydrogen-bond acceptors (Lipinski definition) is 2. The number of hydrogen-bond donors (Lipinski definition) is 0. The summed E-state index contributed by atoms with van der Waals surface area (Å²) in [5, 5.41) is 18.7. The zero-order valence-corrected chi connectivity index (χ0v) is 39.2. The van der Waals surface area contributed by atoms with Crippen molar-refractivity contribution in [1.29, 1.82) is 0 Å². The van der Waals surface area contributed by atoms with Gasteiger partial charge in [-0.05, 0) is 108 Å². The van der Waals surface area contributed by atoms with Crippen molar-refractivity contribution >= 4 is 141 Å². The van der Waals surface area contributed by atoms with E-state index < -0.39 is 0 Å². The second-order valence-electron chi connectivity index (χ2n) is 18.1. The van der Waals surface area contributed by atoms with Crippen LogP contribution in [0.3, 0.4) is 0 Å². The molecule has 0 bridgehead atoms. The lowest BCUT2D eigenvalue weighted by molar-refractivity contribution is 1.30. The minimum Gasteiger partial charge on any atom is -0.134 e. The summed E-state index contributed by atoms with van der Waals surface area (Å²) in [6.45, 7) is 2.08. The van der Waals surface area contributed by atoms with Crippen molar-refractivity contribution in [1.82, 2.24) is 0 Å². The van der Waals surface area contributed by atoms with Crippen LogP contribution in [0.4, 0.5) is 0 Å². The van der Waals surface area contributed by atoms with Gasteiger partial charge in [0.25, 0.3) is 0 Å². The van der Waals surface area contributed by atoms with Crippen LogP contribution in [-0.4, -0.2) is 0 Å². The Balaban J connectivity index is 0.000000602. The SMILES string of the molecule is C(=Cc1ccc2c(c1)sc1c3cccc4c5c6ccc(/C=C(/Cc7ccc8ccccc8c7)c7ccccc7)cc6sc5c5cccc(c21)c5c34)c1ccc2ccccc2c1.Cc1ccccc1. The highest BCUT2D eigenvalue weighted by atomic mass is 32.1. The van der Waals surface area contributed by atoms with Crippen molar-refractivity contribution in [2.45, 2.75) is 13.3 Å². The largest absolute Gasteiger partial charge is 0.134 e. The van der Waals surface area contributed by atoms with Gasteiger partial charge < -0.3 is 0 Å². The molecule has 0 unspecified atom stereocenters. The molecule has 0 aliphatic heterocycles. The van der Waals surface area contributed by atoms with E-state index in [1.165, 1.54) is 133 Å². The molecule has 0 atom stereocenters. The predicted molar refractivity (Wildman–Crippen MR) is 302 cm³/mol. The van der Waals surface area contributed by atoms with E-state index >= 15 is 0 Å². The van der Waals surface area contributed by atoms with E-state index in [0.29, 0.717) is 0 Å². The molecule has 14 rings (SSSR count). The maximum absolute atomic E-state index is 2.42. The van der Waals surface area contributed by atoms with Crippen molar-refractivity contribution < 1.29 is 0 Å². The zero-order valence-electron chi connectivity index (χ0n) is 37.5. The van der Waals surface area contributed by atoms with Crippen molar-refractivity contribution in [3.63, 3.8) is 0 Å². The van der Waals surface area contributed by atoms with Gasteiger partial charge in [0.2, 0.25) is 0 Å². The van der Waals surface area contributed by atoms with Gasteiger partial charge in [0, 0.05) is 51.1 Å². The second kappa shape index (κ2) is 16.8. The molecule has 0 N–H and O–H groups in total. The van der Waals surface area contributed by atoms with Gasteiger partial charge in [0.15, 0.2) is 0 Å². The third-order valence-electron chi connectivity index (χ3n) is 13.7. The van der Waals surface area contributed by atoms with Crippen LogP contribution in [0, 0.1) is 6.92 Å². The first-order valence-corrected chi connectivity index (χ1v) is 25.1. The summed E-state index contributed by atoms with van der Waals surface area (Å²) in [6, 6.07) is 80.1. The topological polar surface area (TPSA) is 0 Å². The fourth-order valence-corrected chi connectivity index (χ4v) is 13.1. The number of rotatable bonds is 6. The molecular formula is C66H44S2. The monoisotopic (exact) mass is 900 g/mol. The highest BCUT2D eigenvalue weighted by Gasteiger charge is 2.22. The molecule has 320 valence electrons. The van der Waals surface area contributed by atoms with Crippen LogP contribution in [0.5, 0.6) is 0 Å². The maximum Gasteiger partial charge on any atom is 0.0440 e. The van der Waals surface area contributed by atoms with Crippen LogP contribution in [0.2, 0.25) is 0 Å². The summed E-state index contributed by atoms with van der Waals surface area (Å²) in [5.74, 6) is 0. The molecule has 2 heteroatoms. The van der Waals surface area contributed by atoms with E-state index in [1.54, 1.807) is 0 Å². The van der Waals surface area contributed by atoms with Crippen LogP contribution < -0.4 is 0 Å². The van der Waals surface area contributed by atoms with Crippen LogP contribution in [-0.2, 0) is 6.42 Å². The number of thiophene rings is 2. The minimum absolute atomic E-state index is 0.863. The molecule has 0 saturated heterocycles. The first-order chi connectivity index (χ1) is 33.6. The lowest BCUT2D eigenvalue weighted by Crippen LogP contribution is -1.92.